The van der Waals surface area contributed by atoms with Crippen molar-refractivity contribution in [2.75, 3.05) is 51.4 Å². The van der Waals surface area contributed by atoms with Gasteiger partial charge in [0.05, 0.1) is 35.4 Å². The Labute approximate surface area is 165 Å². The first-order valence-corrected chi connectivity index (χ1v) is 10.5. The Hall–Kier alpha value is -2.00. The number of fused-ring (bicyclic) bond motifs is 1. The molecule has 27 heavy (non-hydrogen) atoms. The van der Waals surface area contributed by atoms with E-state index in [1.807, 2.05) is 35.7 Å². The molecule has 3 aromatic rings. The van der Waals surface area contributed by atoms with Gasteiger partial charge in [-0.1, -0.05) is 17.4 Å². The Morgan fingerprint density at radius 1 is 1.33 bits per heavy atom. The van der Waals surface area contributed by atoms with Crippen molar-refractivity contribution in [3.05, 3.63) is 40.6 Å². The van der Waals surface area contributed by atoms with Crippen LogP contribution in [0, 0.1) is 0 Å². The monoisotopic (exact) mass is 403 g/mol. The normalized spacial score (nSPS) is 15.1. The second kappa shape index (κ2) is 8.35. The fourth-order valence-corrected chi connectivity index (χ4v) is 4.66. The van der Waals surface area contributed by atoms with Gasteiger partial charge in [0.1, 0.15) is 5.75 Å². The van der Waals surface area contributed by atoms with Crippen molar-refractivity contribution in [1.82, 2.24) is 9.88 Å². The lowest BCUT2D eigenvalue weighted by atomic mass is 10.3. The average Bonchev–Trinajstić information content (AvgIpc) is 3.38. The Kier molecular flexibility index (Phi) is 5.68. The molecule has 1 fully saturated rings. The third-order valence-corrected chi connectivity index (χ3v) is 6.45. The van der Waals surface area contributed by atoms with E-state index in [1.54, 1.807) is 12.0 Å². The lowest BCUT2D eigenvalue weighted by molar-refractivity contribution is 0.0391. The molecule has 142 valence electrons. The zero-order valence-electron chi connectivity index (χ0n) is 15.1. The van der Waals surface area contributed by atoms with E-state index in [4.69, 9.17) is 14.5 Å². The van der Waals surface area contributed by atoms with E-state index >= 15 is 0 Å². The molecule has 0 N–H and O–H groups in total. The molecule has 2 aromatic heterocycles. The van der Waals surface area contributed by atoms with Gasteiger partial charge in [-0.25, -0.2) is 4.98 Å². The summed E-state index contributed by atoms with van der Waals surface area (Å²) in [4.78, 5) is 22.7. The number of morpholine rings is 1. The zero-order chi connectivity index (χ0) is 18.6. The van der Waals surface area contributed by atoms with Crippen molar-refractivity contribution >= 4 is 43.9 Å². The maximum atomic E-state index is 13.1. The molecular weight excluding hydrogens is 382 g/mol. The van der Waals surface area contributed by atoms with Crippen molar-refractivity contribution in [3.8, 4) is 5.75 Å². The molecule has 3 heterocycles. The quantitative estimate of drug-likeness (QED) is 0.632. The second-order valence-corrected chi connectivity index (χ2v) is 8.17. The van der Waals surface area contributed by atoms with E-state index in [-0.39, 0.29) is 5.91 Å². The van der Waals surface area contributed by atoms with Crippen LogP contribution in [0.3, 0.4) is 0 Å². The van der Waals surface area contributed by atoms with Crippen molar-refractivity contribution in [1.29, 1.82) is 0 Å². The number of hydrogen-bond donors (Lipinski definition) is 0. The van der Waals surface area contributed by atoms with E-state index in [1.165, 1.54) is 22.7 Å². The highest BCUT2D eigenvalue weighted by atomic mass is 32.1. The minimum absolute atomic E-state index is 0.00396. The summed E-state index contributed by atoms with van der Waals surface area (Å²) in [6.07, 6.45) is 0. The molecule has 1 saturated heterocycles. The predicted molar refractivity (Wildman–Crippen MR) is 109 cm³/mol. The predicted octanol–water partition coefficient (Wildman–Crippen LogP) is 3.35. The third-order valence-electron chi connectivity index (χ3n) is 4.54. The number of amides is 1. The number of hydrogen-bond acceptors (Lipinski definition) is 7. The van der Waals surface area contributed by atoms with Gasteiger partial charge in [0, 0.05) is 32.2 Å². The highest BCUT2D eigenvalue weighted by Crippen LogP contribution is 2.32. The molecule has 0 bridgehead atoms. The number of aromatic nitrogens is 1. The summed E-state index contributed by atoms with van der Waals surface area (Å²) in [5.41, 5.74) is 0.852. The van der Waals surface area contributed by atoms with Gasteiger partial charge in [-0.2, -0.15) is 0 Å². The van der Waals surface area contributed by atoms with Gasteiger partial charge >= 0.3 is 0 Å². The van der Waals surface area contributed by atoms with Crippen LogP contribution in [0.1, 0.15) is 9.67 Å². The van der Waals surface area contributed by atoms with E-state index in [0.29, 0.717) is 6.54 Å². The van der Waals surface area contributed by atoms with E-state index in [0.717, 1.165) is 58.8 Å². The fourth-order valence-electron chi connectivity index (χ4n) is 3.02. The summed E-state index contributed by atoms with van der Waals surface area (Å²) in [5, 5.41) is 2.65. The standard InChI is InChI=1S/C19H21N3O3S2/c1-24-14-4-5-16-15(13-14)20-19(27-16)22(18(23)17-3-2-12-26-17)7-6-21-8-10-25-11-9-21/h2-5,12-13H,6-11H2,1H3. The second-order valence-electron chi connectivity index (χ2n) is 6.22. The molecule has 8 heteroatoms. The molecule has 0 saturated carbocycles. The lowest BCUT2D eigenvalue weighted by Crippen LogP contribution is -2.43. The third kappa shape index (κ3) is 4.14. The van der Waals surface area contributed by atoms with Crippen LogP contribution in [0.25, 0.3) is 10.2 Å². The van der Waals surface area contributed by atoms with Crippen LogP contribution in [0.2, 0.25) is 0 Å². The summed E-state index contributed by atoms with van der Waals surface area (Å²) in [6.45, 7) is 4.71. The van der Waals surface area contributed by atoms with Gasteiger partial charge < -0.3 is 9.47 Å². The molecular formula is C19H21N3O3S2. The fraction of sp³-hybridized carbons (Fsp3) is 0.368. The number of rotatable bonds is 6. The van der Waals surface area contributed by atoms with Crippen LogP contribution in [0.4, 0.5) is 5.13 Å². The van der Waals surface area contributed by atoms with Crippen LogP contribution in [0.5, 0.6) is 5.75 Å². The van der Waals surface area contributed by atoms with Gasteiger partial charge in [0.2, 0.25) is 0 Å². The molecule has 6 nitrogen and oxygen atoms in total. The number of anilines is 1. The molecule has 1 amide bonds. The van der Waals surface area contributed by atoms with Crippen LogP contribution >= 0.6 is 22.7 Å². The van der Waals surface area contributed by atoms with Crippen molar-refractivity contribution < 1.29 is 14.3 Å². The SMILES string of the molecule is COc1ccc2sc(N(CCN3CCOCC3)C(=O)c3cccs3)nc2c1. The van der Waals surface area contributed by atoms with E-state index < -0.39 is 0 Å². The number of methoxy groups -OCH3 is 1. The lowest BCUT2D eigenvalue weighted by Gasteiger charge is -2.29. The highest BCUT2D eigenvalue weighted by Gasteiger charge is 2.23. The molecule has 4 rings (SSSR count). The highest BCUT2D eigenvalue weighted by molar-refractivity contribution is 7.22. The zero-order valence-corrected chi connectivity index (χ0v) is 16.7. The molecule has 0 aliphatic carbocycles. The summed E-state index contributed by atoms with van der Waals surface area (Å²) in [5.74, 6) is 0.771. The van der Waals surface area contributed by atoms with Crippen LogP contribution in [0.15, 0.2) is 35.7 Å². The molecule has 1 aliphatic rings. The van der Waals surface area contributed by atoms with E-state index in [2.05, 4.69) is 4.90 Å². The topological polar surface area (TPSA) is 54.9 Å². The van der Waals surface area contributed by atoms with Gasteiger partial charge in [0.25, 0.3) is 5.91 Å². The summed E-state index contributed by atoms with van der Waals surface area (Å²) >= 11 is 3.00. The van der Waals surface area contributed by atoms with Crippen molar-refractivity contribution in [2.45, 2.75) is 0 Å². The Morgan fingerprint density at radius 3 is 2.93 bits per heavy atom. The first-order chi connectivity index (χ1) is 13.2. The summed E-state index contributed by atoms with van der Waals surface area (Å²) in [7, 11) is 1.64. The number of ether oxygens (including phenoxy) is 2. The number of benzene rings is 1. The van der Waals surface area contributed by atoms with E-state index in [9.17, 15) is 4.79 Å². The minimum atomic E-state index is 0.00396. The van der Waals surface area contributed by atoms with Crippen LogP contribution in [-0.2, 0) is 4.74 Å². The first-order valence-electron chi connectivity index (χ1n) is 8.84. The van der Waals surface area contributed by atoms with Gasteiger partial charge in [-0.15, -0.1) is 11.3 Å². The minimum Gasteiger partial charge on any atom is -0.497 e. The smallest absolute Gasteiger partial charge is 0.270 e. The molecule has 0 atom stereocenters. The molecule has 0 radical (unpaired) electrons. The number of nitrogens with zero attached hydrogens (tertiary/aromatic N) is 3. The van der Waals surface area contributed by atoms with Gasteiger partial charge in [0.15, 0.2) is 5.13 Å². The molecule has 0 spiro atoms. The number of thiazole rings is 1. The first kappa shape index (κ1) is 18.4. The largest absolute Gasteiger partial charge is 0.497 e. The Balaban J connectivity index is 1.61. The van der Waals surface area contributed by atoms with Crippen molar-refractivity contribution in [2.24, 2.45) is 0 Å². The van der Waals surface area contributed by atoms with Crippen LogP contribution < -0.4 is 9.64 Å². The van der Waals surface area contributed by atoms with Gasteiger partial charge in [-0.3, -0.25) is 14.6 Å². The molecule has 1 aromatic carbocycles. The van der Waals surface area contributed by atoms with Crippen molar-refractivity contribution in [3.63, 3.8) is 0 Å². The number of thiophene rings is 1. The number of carbonyl (C=O) groups is 1. The Morgan fingerprint density at radius 2 is 2.19 bits per heavy atom. The molecule has 0 unspecified atom stereocenters. The maximum absolute atomic E-state index is 13.1. The van der Waals surface area contributed by atoms with Gasteiger partial charge in [-0.05, 0) is 23.6 Å². The van der Waals surface area contributed by atoms with Crippen LogP contribution in [-0.4, -0.2) is 62.3 Å². The maximum Gasteiger partial charge on any atom is 0.270 e. The average molecular weight is 404 g/mol. The summed E-state index contributed by atoms with van der Waals surface area (Å²) in [6, 6.07) is 9.59. The summed E-state index contributed by atoms with van der Waals surface area (Å²) < 4.78 is 11.8. The molecule has 1 aliphatic heterocycles. The number of carbonyl (C=O) groups excluding carboxylic acids is 1. The Bertz CT molecular complexity index is 904.